The molecule has 3 aromatic rings. The molecule has 0 aromatic heterocycles. The lowest BCUT2D eigenvalue weighted by molar-refractivity contribution is -0.385. The van der Waals surface area contributed by atoms with E-state index in [4.69, 9.17) is 14.2 Å². The van der Waals surface area contributed by atoms with Crippen LogP contribution in [0.4, 0.5) is 20.6 Å². The molecule has 230 valence electrons. The SMILES string of the molecule is CCOC(Cc1ccc(OCCN(CCCOCc2ccc(F)cc2)C(=O)Nc2ccc(C)c([N+](=O)[O-])c2)cc1)C(=O)O. The van der Waals surface area contributed by atoms with Crippen molar-refractivity contribution in [2.45, 2.75) is 39.4 Å². The second kappa shape index (κ2) is 16.8. The summed E-state index contributed by atoms with van der Waals surface area (Å²) in [6.07, 6.45) is -0.210. The smallest absolute Gasteiger partial charge is 0.333 e. The molecule has 0 fully saturated rings. The van der Waals surface area contributed by atoms with Gasteiger partial charge in [-0.05, 0) is 61.7 Å². The Bertz CT molecular complexity index is 1350. The summed E-state index contributed by atoms with van der Waals surface area (Å²) in [5.41, 5.74) is 2.29. The summed E-state index contributed by atoms with van der Waals surface area (Å²) >= 11 is 0. The molecule has 0 saturated carbocycles. The lowest BCUT2D eigenvalue weighted by Gasteiger charge is -2.23. The highest BCUT2D eigenvalue weighted by Crippen LogP contribution is 2.22. The number of rotatable bonds is 17. The zero-order valence-electron chi connectivity index (χ0n) is 24.2. The fraction of sp³-hybridized carbons (Fsp3) is 0.355. The maximum Gasteiger partial charge on any atom is 0.333 e. The highest BCUT2D eigenvalue weighted by molar-refractivity contribution is 5.89. The quantitative estimate of drug-likeness (QED) is 0.117. The van der Waals surface area contributed by atoms with E-state index in [2.05, 4.69) is 5.32 Å². The Labute approximate surface area is 249 Å². The number of urea groups is 1. The van der Waals surface area contributed by atoms with Crippen molar-refractivity contribution in [1.29, 1.82) is 0 Å². The van der Waals surface area contributed by atoms with E-state index in [0.29, 0.717) is 49.8 Å². The summed E-state index contributed by atoms with van der Waals surface area (Å²) in [5.74, 6) is -0.804. The van der Waals surface area contributed by atoms with E-state index < -0.39 is 23.0 Å². The van der Waals surface area contributed by atoms with Crippen molar-refractivity contribution in [1.82, 2.24) is 4.90 Å². The lowest BCUT2D eigenvalue weighted by atomic mass is 10.1. The van der Waals surface area contributed by atoms with Crippen LogP contribution in [0.15, 0.2) is 66.7 Å². The molecule has 1 atom stereocenters. The standard InChI is InChI=1S/C31H36FN3O8/c1-3-42-29(30(36)37)19-23-8-13-27(14-9-23)43-18-16-34(15-4-17-41-21-24-6-10-25(32)11-7-24)31(38)33-26-12-5-22(2)28(20-26)35(39)40/h5-14,20,29H,3-4,15-19,21H2,1-2H3,(H,33,38)(H,36,37). The first-order chi connectivity index (χ1) is 20.7. The van der Waals surface area contributed by atoms with Gasteiger partial charge >= 0.3 is 12.0 Å². The van der Waals surface area contributed by atoms with Crippen molar-refractivity contribution < 1.29 is 38.2 Å². The molecule has 3 aromatic carbocycles. The van der Waals surface area contributed by atoms with Gasteiger partial charge in [0.15, 0.2) is 6.10 Å². The van der Waals surface area contributed by atoms with Crippen molar-refractivity contribution in [3.63, 3.8) is 0 Å². The van der Waals surface area contributed by atoms with Crippen molar-refractivity contribution >= 4 is 23.4 Å². The largest absolute Gasteiger partial charge is 0.492 e. The van der Waals surface area contributed by atoms with Gasteiger partial charge in [0.05, 0.1) is 18.1 Å². The van der Waals surface area contributed by atoms with Gasteiger partial charge in [-0.3, -0.25) is 10.1 Å². The number of benzene rings is 3. The van der Waals surface area contributed by atoms with E-state index in [1.165, 1.54) is 23.1 Å². The second-order valence-electron chi connectivity index (χ2n) is 9.69. The van der Waals surface area contributed by atoms with E-state index in [0.717, 1.165) is 11.1 Å². The van der Waals surface area contributed by atoms with E-state index in [1.807, 2.05) is 0 Å². The number of amides is 2. The summed E-state index contributed by atoms with van der Waals surface area (Å²) in [6, 6.07) is 17.0. The molecule has 0 aliphatic rings. The van der Waals surface area contributed by atoms with Crippen LogP contribution in [0.1, 0.15) is 30.0 Å². The van der Waals surface area contributed by atoms with Gasteiger partial charge in [-0.2, -0.15) is 0 Å². The van der Waals surface area contributed by atoms with E-state index in [9.17, 15) is 29.2 Å². The summed E-state index contributed by atoms with van der Waals surface area (Å²) in [7, 11) is 0. The van der Waals surface area contributed by atoms with Crippen LogP contribution < -0.4 is 10.1 Å². The topological polar surface area (TPSA) is 140 Å². The number of nitrogens with zero attached hydrogens (tertiary/aromatic N) is 2. The Hall–Kier alpha value is -4.55. The Morgan fingerprint density at radius 3 is 2.37 bits per heavy atom. The molecular formula is C31H36FN3O8. The van der Waals surface area contributed by atoms with Crippen molar-refractivity contribution in [3.8, 4) is 5.75 Å². The van der Waals surface area contributed by atoms with Gasteiger partial charge < -0.3 is 29.5 Å². The molecule has 0 heterocycles. The van der Waals surface area contributed by atoms with Gasteiger partial charge in [-0.15, -0.1) is 0 Å². The van der Waals surface area contributed by atoms with Crippen LogP contribution in [0.2, 0.25) is 0 Å². The third kappa shape index (κ3) is 11.0. The number of hydrogen-bond donors (Lipinski definition) is 2. The first-order valence-corrected chi connectivity index (χ1v) is 13.9. The van der Waals surface area contributed by atoms with Gasteiger partial charge in [-0.25, -0.2) is 14.0 Å². The number of aliphatic carboxylic acids is 1. The minimum absolute atomic E-state index is 0.0961. The number of nitro groups is 1. The first-order valence-electron chi connectivity index (χ1n) is 13.9. The summed E-state index contributed by atoms with van der Waals surface area (Å²) in [5, 5.41) is 23.3. The van der Waals surface area contributed by atoms with Gasteiger partial charge in [0, 0.05) is 43.5 Å². The monoisotopic (exact) mass is 597 g/mol. The molecule has 11 nitrogen and oxygen atoms in total. The zero-order chi connectivity index (χ0) is 31.2. The average molecular weight is 598 g/mol. The first kappa shape index (κ1) is 33.0. The average Bonchev–Trinajstić information content (AvgIpc) is 2.98. The number of carbonyl (C=O) groups excluding carboxylic acids is 1. The molecule has 0 bridgehead atoms. The second-order valence-corrected chi connectivity index (χ2v) is 9.69. The third-order valence-electron chi connectivity index (χ3n) is 6.46. The van der Waals surface area contributed by atoms with E-state index >= 15 is 0 Å². The number of halogens is 1. The summed E-state index contributed by atoms with van der Waals surface area (Å²) < 4.78 is 29.9. The van der Waals surface area contributed by atoms with Crippen LogP contribution in [-0.2, 0) is 27.3 Å². The van der Waals surface area contributed by atoms with Gasteiger partial charge in [0.2, 0.25) is 0 Å². The minimum atomic E-state index is -1.03. The molecule has 12 heteroatoms. The predicted molar refractivity (Wildman–Crippen MR) is 158 cm³/mol. The van der Waals surface area contributed by atoms with Crippen LogP contribution in [0.3, 0.4) is 0 Å². The Balaban J connectivity index is 1.57. The van der Waals surface area contributed by atoms with Gasteiger partial charge in [0.25, 0.3) is 5.69 Å². The maximum atomic E-state index is 13.1. The minimum Gasteiger partial charge on any atom is -0.492 e. The fourth-order valence-corrected chi connectivity index (χ4v) is 4.16. The number of aryl methyl sites for hydroxylation is 1. The van der Waals surface area contributed by atoms with Crippen LogP contribution in [-0.4, -0.2) is 65.9 Å². The number of carbonyl (C=O) groups is 2. The Morgan fingerprint density at radius 1 is 1.02 bits per heavy atom. The molecule has 1 unspecified atom stereocenters. The molecular weight excluding hydrogens is 561 g/mol. The van der Waals surface area contributed by atoms with Crippen LogP contribution in [0.5, 0.6) is 5.75 Å². The highest BCUT2D eigenvalue weighted by atomic mass is 19.1. The highest BCUT2D eigenvalue weighted by Gasteiger charge is 2.19. The number of carboxylic acid groups (broad SMARTS) is 1. The summed E-state index contributed by atoms with van der Waals surface area (Å²) in [6.45, 7) is 4.99. The number of nitrogens with one attached hydrogen (secondary N) is 1. The number of carboxylic acids is 1. The number of nitro benzene ring substituents is 1. The predicted octanol–water partition coefficient (Wildman–Crippen LogP) is 5.59. The molecule has 0 radical (unpaired) electrons. The van der Waals surface area contributed by atoms with Gasteiger partial charge in [0.1, 0.15) is 18.2 Å². The van der Waals surface area contributed by atoms with Gasteiger partial charge in [-0.1, -0.05) is 30.3 Å². The Morgan fingerprint density at radius 2 is 1.72 bits per heavy atom. The number of ether oxygens (including phenoxy) is 3. The normalized spacial score (nSPS) is 11.5. The Kier molecular flexibility index (Phi) is 12.9. The molecule has 43 heavy (non-hydrogen) atoms. The molecule has 2 amide bonds. The molecule has 0 spiro atoms. The van der Waals surface area contributed by atoms with E-state index in [1.54, 1.807) is 62.4 Å². The van der Waals surface area contributed by atoms with Crippen LogP contribution in [0, 0.1) is 22.9 Å². The van der Waals surface area contributed by atoms with Crippen LogP contribution >= 0.6 is 0 Å². The van der Waals surface area contributed by atoms with E-state index in [-0.39, 0.29) is 31.1 Å². The summed E-state index contributed by atoms with van der Waals surface area (Å²) in [4.78, 5) is 36.8. The molecule has 3 rings (SSSR count). The van der Waals surface area contributed by atoms with Crippen molar-refractivity contribution in [2.75, 3.05) is 38.2 Å². The third-order valence-corrected chi connectivity index (χ3v) is 6.46. The van der Waals surface area contributed by atoms with Crippen molar-refractivity contribution in [3.05, 3.63) is 99.4 Å². The van der Waals surface area contributed by atoms with Crippen molar-refractivity contribution in [2.24, 2.45) is 0 Å². The molecule has 2 N–H and O–H groups in total. The lowest BCUT2D eigenvalue weighted by Crippen LogP contribution is -2.39. The number of hydrogen-bond acceptors (Lipinski definition) is 7. The zero-order valence-corrected chi connectivity index (χ0v) is 24.2. The van der Waals surface area contributed by atoms with Crippen LogP contribution in [0.25, 0.3) is 0 Å². The fourth-order valence-electron chi connectivity index (χ4n) is 4.16. The molecule has 0 saturated heterocycles. The number of anilines is 1. The molecule has 0 aliphatic carbocycles. The maximum absolute atomic E-state index is 13.1. The molecule has 0 aliphatic heterocycles.